The quantitative estimate of drug-likeness (QED) is 0.400. The number of nitrogens with zero attached hydrogens (tertiary/aromatic N) is 2. The first kappa shape index (κ1) is 26.7. The molecule has 4 rings (SSSR count). The number of hydrogen-bond acceptors (Lipinski definition) is 5. The van der Waals surface area contributed by atoms with Crippen LogP contribution in [-0.2, 0) is 15.1 Å². The molecule has 3 N–H and O–H groups in total. The van der Waals surface area contributed by atoms with Crippen LogP contribution in [0, 0.1) is 6.92 Å². The Morgan fingerprint density at radius 3 is 2.39 bits per heavy atom. The Morgan fingerprint density at radius 2 is 1.68 bits per heavy atom. The molecule has 0 bridgehead atoms. The molecule has 0 unspecified atom stereocenters. The molecule has 0 radical (unpaired) electrons. The third-order valence-corrected chi connectivity index (χ3v) is 6.45. The van der Waals surface area contributed by atoms with Crippen molar-refractivity contribution in [1.29, 1.82) is 0 Å². The van der Waals surface area contributed by atoms with Crippen LogP contribution in [0.2, 0.25) is 0 Å². The Hall–Kier alpha value is -4.37. The predicted molar refractivity (Wildman–Crippen MR) is 149 cm³/mol. The van der Waals surface area contributed by atoms with Gasteiger partial charge >= 0.3 is 6.03 Å². The van der Waals surface area contributed by atoms with Crippen LogP contribution >= 0.6 is 0 Å². The first-order chi connectivity index (χ1) is 18.2. The van der Waals surface area contributed by atoms with Crippen LogP contribution in [0.15, 0.2) is 72.8 Å². The lowest BCUT2D eigenvalue weighted by atomic mass is 9.87. The van der Waals surface area contributed by atoms with Crippen molar-refractivity contribution in [2.24, 2.45) is 0 Å². The maximum absolute atomic E-state index is 14.1. The van der Waals surface area contributed by atoms with E-state index in [0.717, 1.165) is 5.56 Å². The summed E-state index contributed by atoms with van der Waals surface area (Å²) in [6.45, 7) is 2.98. The van der Waals surface area contributed by atoms with E-state index in [1.807, 2.05) is 50.2 Å². The molecule has 1 heterocycles. The minimum atomic E-state index is -1.60. The average molecular weight is 516 g/mol. The number of hydrogen-bond donors (Lipinski definition) is 3. The van der Waals surface area contributed by atoms with E-state index in [1.165, 1.54) is 7.11 Å². The van der Waals surface area contributed by atoms with Gasteiger partial charge in [0.25, 0.3) is 5.91 Å². The fourth-order valence-corrected chi connectivity index (χ4v) is 4.52. The summed E-state index contributed by atoms with van der Waals surface area (Å²) < 4.78 is 5.24. The Balaban J connectivity index is 1.67. The van der Waals surface area contributed by atoms with Gasteiger partial charge in [0.05, 0.1) is 13.5 Å². The van der Waals surface area contributed by atoms with Crippen molar-refractivity contribution in [1.82, 2.24) is 10.2 Å². The summed E-state index contributed by atoms with van der Waals surface area (Å²) in [6, 6.07) is 20.9. The minimum absolute atomic E-state index is 0.277. The topological polar surface area (TPSA) is 103 Å². The Bertz CT molecular complexity index is 1320. The number of anilines is 3. The lowest BCUT2D eigenvalue weighted by Crippen LogP contribution is -2.56. The van der Waals surface area contributed by atoms with Crippen LogP contribution in [0.5, 0.6) is 5.75 Å². The number of methoxy groups -OCH3 is 1. The first-order valence-corrected chi connectivity index (χ1v) is 12.4. The summed E-state index contributed by atoms with van der Waals surface area (Å²) in [5.41, 5.74) is 1.81. The van der Waals surface area contributed by atoms with Crippen molar-refractivity contribution in [3.05, 3.63) is 83.9 Å². The van der Waals surface area contributed by atoms with Crippen LogP contribution in [0.25, 0.3) is 0 Å². The number of rotatable bonds is 9. The number of nitrogens with one attached hydrogen (secondary N) is 3. The maximum atomic E-state index is 14.1. The second kappa shape index (κ2) is 11.4. The van der Waals surface area contributed by atoms with Crippen LogP contribution in [0.4, 0.5) is 21.9 Å². The highest BCUT2D eigenvalue weighted by Gasteiger charge is 2.53. The molecule has 0 fully saturated rings. The number of aryl methyl sites for hydroxylation is 1. The van der Waals surface area contributed by atoms with Gasteiger partial charge in [0.2, 0.25) is 5.91 Å². The average Bonchev–Trinajstić information content (AvgIpc) is 3.11. The van der Waals surface area contributed by atoms with Gasteiger partial charge in [-0.3, -0.25) is 9.59 Å². The van der Waals surface area contributed by atoms with Crippen LogP contribution in [0.3, 0.4) is 0 Å². The zero-order valence-electron chi connectivity index (χ0n) is 22.1. The number of carbonyl (C=O) groups excluding carboxylic acids is 3. The molecule has 4 amide bonds. The SMILES string of the molecule is COc1cccc(NC(=O)N[C@]2(CC(=O)Nc3ccc(C)cc3)C(=O)N(CCN(C)C)c3ccccc32)c1. The summed E-state index contributed by atoms with van der Waals surface area (Å²) in [7, 11) is 5.39. The largest absolute Gasteiger partial charge is 0.497 e. The monoisotopic (exact) mass is 515 g/mol. The molecule has 3 aromatic rings. The highest BCUT2D eigenvalue weighted by atomic mass is 16.5. The van der Waals surface area contributed by atoms with E-state index in [-0.39, 0.29) is 12.3 Å². The van der Waals surface area contributed by atoms with Gasteiger partial charge in [-0.2, -0.15) is 0 Å². The Morgan fingerprint density at radius 1 is 0.947 bits per heavy atom. The third kappa shape index (κ3) is 5.78. The van der Waals surface area contributed by atoms with Crippen molar-refractivity contribution in [2.75, 3.05) is 49.8 Å². The standard InChI is InChI=1S/C29H33N5O4/c1-20-12-14-21(15-13-20)30-26(35)19-29(32-28(37)31-22-8-7-9-23(18-22)38-4)24-10-5-6-11-25(24)34(27(29)36)17-16-33(2)3/h5-15,18H,16-17,19H2,1-4H3,(H,30,35)(H2,31,32,37)/t29-/m0/s1. The predicted octanol–water partition coefficient (Wildman–Crippen LogP) is 3.96. The summed E-state index contributed by atoms with van der Waals surface area (Å²) >= 11 is 0. The molecular formula is C29H33N5O4. The lowest BCUT2D eigenvalue weighted by molar-refractivity contribution is -0.128. The van der Waals surface area contributed by atoms with Gasteiger partial charge in [0.1, 0.15) is 5.75 Å². The molecular weight excluding hydrogens is 482 g/mol. The Kier molecular flexibility index (Phi) is 7.97. The second-order valence-corrected chi connectivity index (χ2v) is 9.58. The third-order valence-electron chi connectivity index (χ3n) is 6.45. The van der Waals surface area contributed by atoms with Crippen LogP contribution in [0.1, 0.15) is 17.5 Å². The van der Waals surface area contributed by atoms with Gasteiger partial charge in [-0.1, -0.05) is 42.0 Å². The zero-order chi connectivity index (χ0) is 27.3. The van der Waals surface area contributed by atoms with Crippen molar-refractivity contribution < 1.29 is 19.1 Å². The molecule has 0 aromatic heterocycles. The molecule has 198 valence electrons. The molecule has 9 heteroatoms. The summed E-state index contributed by atoms with van der Waals surface area (Å²) in [6.07, 6.45) is -0.277. The number of ether oxygens (including phenoxy) is 1. The number of fused-ring (bicyclic) bond motifs is 1. The number of amides is 4. The van der Waals surface area contributed by atoms with Gasteiger partial charge in [0.15, 0.2) is 5.54 Å². The second-order valence-electron chi connectivity index (χ2n) is 9.58. The van der Waals surface area contributed by atoms with Crippen molar-refractivity contribution in [3.8, 4) is 5.75 Å². The highest BCUT2D eigenvalue weighted by molar-refractivity contribution is 6.12. The lowest BCUT2D eigenvalue weighted by Gasteiger charge is -2.30. The van der Waals surface area contributed by atoms with Gasteiger partial charge in [0, 0.05) is 41.8 Å². The van der Waals surface area contributed by atoms with E-state index >= 15 is 0 Å². The van der Waals surface area contributed by atoms with Crippen molar-refractivity contribution in [3.63, 3.8) is 0 Å². The van der Waals surface area contributed by atoms with Crippen LogP contribution in [-0.4, -0.2) is 57.0 Å². The van der Waals surface area contributed by atoms with Gasteiger partial charge in [-0.25, -0.2) is 4.79 Å². The number of carbonyl (C=O) groups is 3. The summed E-state index contributed by atoms with van der Waals surface area (Å²) in [4.78, 5) is 44.3. The first-order valence-electron chi connectivity index (χ1n) is 12.4. The summed E-state index contributed by atoms with van der Waals surface area (Å²) in [5.74, 6) is -0.180. The van der Waals surface area contributed by atoms with Gasteiger partial charge in [-0.15, -0.1) is 0 Å². The molecule has 3 aromatic carbocycles. The molecule has 0 aliphatic carbocycles. The van der Waals surface area contributed by atoms with Crippen molar-refractivity contribution >= 4 is 34.9 Å². The number of urea groups is 1. The Labute approximate surface area is 222 Å². The number of para-hydroxylation sites is 1. The van der Waals surface area contributed by atoms with Crippen molar-refractivity contribution in [2.45, 2.75) is 18.9 Å². The van der Waals surface area contributed by atoms with E-state index in [1.54, 1.807) is 53.4 Å². The fourth-order valence-electron chi connectivity index (χ4n) is 4.52. The molecule has 0 saturated carbocycles. The maximum Gasteiger partial charge on any atom is 0.320 e. The molecule has 9 nitrogen and oxygen atoms in total. The molecule has 38 heavy (non-hydrogen) atoms. The van der Waals surface area contributed by atoms with E-state index < -0.39 is 17.5 Å². The molecule has 1 atom stereocenters. The molecule has 0 saturated heterocycles. The van der Waals surface area contributed by atoms with E-state index in [0.29, 0.717) is 41.5 Å². The molecule has 1 aliphatic rings. The van der Waals surface area contributed by atoms with E-state index in [9.17, 15) is 14.4 Å². The van der Waals surface area contributed by atoms with Gasteiger partial charge < -0.3 is 30.5 Å². The smallest absolute Gasteiger partial charge is 0.320 e. The molecule has 1 aliphatic heterocycles. The zero-order valence-corrected chi connectivity index (χ0v) is 22.1. The minimum Gasteiger partial charge on any atom is -0.497 e. The van der Waals surface area contributed by atoms with Crippen LogP contribution < -0.4 is 25.6 Å². The van der Waals surface area contributed by atoms with E-state index in [4.69, 9.17) is 4.74 Å². The normalized spacial score (nSPS) is 16.2. The van der Waals surface area contributed by atoms with E-state index in [2.05, 4.69) is 16.0 Å². The molecule has 0 spiro atoms. The fraction of sp³-hybridized carbons (Fsp3) is 0.276. The summed E-state index contributed by atoms with van der Waals surface area (Å²) in [5, 5.41) is 8.51. The number of benzene rings is 3. The van der Waals surface area contributed by atoms with Gasteiger partial charge in [-0.05, 0) is 51.4 Å². The highest BCUT2D eigenvalue weighted by Crippen LogP contribution is 2.42. The number of likely N-dealkylation sites (N-methyl/N-ethyl adjacent to an activating group) is 1.